The summed E-state index contributed by atoms with van der Waals surface area (Å²) >= 11 is 1.49. The molecule has 3 unspecified atom stereocenters. The average molecular weight is 484 g/mol. The number of alkyl halides is 3. The number of nitrogens with one attached hydrogen (secondary N) is 1. The van der Waals surface area contributed by atoms with Crippen LogP contribution in [0.3, 0.4) is 0 Å². The van der Waals surface area contributed by atoms with Crippen LogP contribution in [0.4, 0.5) is 22.0 Å². The molecule has 0 spiro atoms. The van der Waals surface area contributed by atoms with Gasteiger partial charge < -0.3 is 11.1 Å². The summed E-state index contributed by atoms with van der Waals surface area (Å²) in [7, 11) is 1.56. The second kappa shape index (κ2) is 9.90. The molecular formula is C22H21F5N4OS. The first-order valence-electron chi connectivity index (χ1n) is 9.88. The van der Waals surface area contributed by atoms with Gasteiger partial charge in [0.15, 0.2) is 5.17 Å². The van der Waals surface area contributed by atoms with E-state index in [4.69, 9.17) is 10.5 Å². The van der Waals surface area contributed by atoms with Crippen molar-refractivity contribution in [2.45, 2.75) is 24.4 Å². The Morgan fingerprint density at radius 3 is 2.52 bits per heavy atom. The molecule has 3 N–H and O–H groups in total. The van der Waals surface area contributed by atoms with Crippen LogP contribution >= 0.6 is 11.8 Å². The third-order valence-electron chi connectivity index (χ3n) is 5.34. The first-order valence-corrected chi connectivity index (χ1v) is 10.8. The number of hydrogen-bond acceptors (Lipinski definition) is 5. The first-order chi connectivity index (χ1) is 15.6. The zero-order chi connectivity index (χ0) is 24.3. The highest BCUT2D eigenvalue weighted by molar-refractivity contribution is 8.14. The van der Waals surface area contributed by atoms with E-state index in [1.165, 1.54) is 30.0 Å². The Labute approximate surface area is 191 Å². The maximum atomic E-state index is 14.5. The van der Waals surface area contributed by atoms with E-state index in [2.05, 4.69) is 22.2 Å². The van der Waals surface area contributed by atoms with Gasteiger partial charge in [-0.05, 0) is 41.8 Å². The van der Waals surface area contributed by atoms with Crippen molar-refractivity contribution in [2.24, 2.45) is 22.6 Å². The number of fused-ring (bicyclic) bond motifs is 1. The molecule has 0 radical (unpaired) electrons. The number of thioether (sulfide) groups is 1. The van der Waals surface area contributed by atoms with Crippen molar-refractivity contribution in [3.63, 3.8) is 0 Å². The predicted molar refractivity (Wildman–Crippen MR) is 118 cm³/mol. The molecule has 5 nitrogen and oxygen atoms in total. The number of amides is 1. The van der Waals surface area contributed by atoms with E-state index >= 15 is 0 Å². The second-order valence-corrected chi connectivity index (χ2v) is 8.74. The van der Waals surface area contributed by atoms with E-state index in [0.717, 1.165) is 18.2 Å². The molecule has 0 bridgehead atoms. The Hall–Kier alpha value is -2.95. The molecule has 33 heavy (non-hydrogen) atoms. The summed E-state index contributed by atoms with van der Waals surface area (Å²) in [6, 6.07) is 5.40. The Kier molecular flexibility index (Phi) is 7.41. The van der Waals surface area contributed by atoms with Crippen LogP contribution in [0.15, 0.2) is 41.5 Å². The van der Waals surface area contributed by atoms with Crippen molar-refractivity contribution < 1.29 is 26.7 Å². The zero-order valence-electron chi connectivity index (χ0n) is 17.6. The number of carbonyl (C=O) groups excluding carboxylic acids is 1. The fourth-order valence-corrected chi connectivity index (χ4v) is 4.89. The molecule has 2 aliphatic rings. The van der Waals surface area contributed by atoms with E-state index < -0.39 is 29.4 Å². The Bertz CT molecular complexity index is 1070. The van der Waals surface area contributed by atoms with Gasteiger partial charge in [-0.1, -0.05) is 24.8 Å². The summed E-state index contributed by atoms with van der Waals surface area (Å²) in [4.78, 5) is 17.0. The summed E-state index contributed by atoms with van der Waals surface area (Å²) in [5.74, 6) is -0.762. The van der Waals surface area contributed by atoms with Crippen LogP contribution in [0.5, 0.6) is 0 Å². The van der Waals surface area contributed by atoms with Gasteiger partial charge in [0.25, 0.3) is 0 Å². The Morgan fingerprint density at radius 2 is 1.94 bits per heavy atom. The second-order valence-electron chi connectivity index (χ2n) is 7.54. The van der Waals surface area contributed by atoms with E-state index in [1.54, 1.807) is 7.05 Å². The number of aliphatic imine (C=N–C) groups is 1. The normalized spacial score (nSPS) is 24.1. The number of benzene rings is 1. The zero-order valence-corrected chi connectivity index (χ0v) is 18.4. The Morgan fingerprint density at radius 1 is 1.24 bits per heavy atom. The largest absolute Gasteiger partial charge is 0.417 e. The highest BCUT2D eigenvalue weighted by Gasteiger charge is 2.55. The molecule has 1 amide bonds. The summed E-state index contributed by atoms with van der Waals surface area (Å²) in [5, 5.41) is 2.95. The minimum absolute atomic E-state index is 0.169. The lowest BCUT2D eigenvalue weighted by atomic mass is 9.98. The molecule has 1 aliphatic carbocycles. The number of aromatic nitrogens is 1. The molecule has 1 fully saturated rings. The van der Waals surface area contributed by atoms with Crippen LogP contribution in [-0.4, -0.2) is 28.9 Å². The summed E-state index contributed by atoms with van der Waals surface area (Å²) in [6.07, 6.45) is -2.24. The van der Waals surface area contributed by atoms with Gasteiger partial charge in [-0.15, -0.1) is 0 Å². The fourth-order valence-electron chi connectivity index (χ4n) is 3.58. The highest BCUT2D eigenvalue weighted by Crippen LogP contribution is 2.58. The standard InChI is InChI=1S/C20H16F5N3S.C2H5NO/c1-9-16-17(28-19(26)29-18(9)16)12-6-10(2-4-13(12)21)7-14(22)15-5-3-11(8-27-15)20(23,24)25;1-3-2-4/h2-9,16-18H,1H3,(H2,26,28);2H,1H3,(H,3,4)/b14-7-;/t9-,16?,17?,18?;/m0./s1. The van der Waals surface area contributed by atoms with E-state index in [0.29, 0.717) is 40.1 Å². The molecule has 4 rings (SSSR count). The maximum absolute atomic E-state index is 14.5. The van der Waals surface area contributed by atoms with Crippen LogP contribution in [-0.2, 0) is 11.0 Å². The van der Waals surface area contributed by atoms with Gasteiger partial charge in [-0.25, -0.2) is 8.78 Å². The van der Waals surface area contributed by atoms with E-state index in [-0.39, 0.29) is 11.6 Å². The van der Waals surface area contributed by atoms with Crippen molar-refractivity contribution in [3.05, 3.63) is 64.7 Å². The number of pyridine rings is 1. The number of halogens is 5. The SMILES string of the molecule is CNC=O.C[C@@H]1C2SC(N)=NC(c3cc(/C=C(\F)c4ccc(C(F)(F)F)cn4)ccc3F)C21. The summed E-state index contributed by atoms with van der Waals surface area (Å²) in [6.45, 7) is 2.06. The van der Waals surface area contributed by atoms with Crippen LogP contribution < -0.4 is 11.1 Å². The maximum Gasteiger partial charge on any atom is 0.417 e. The van der Waals surface area contributed by atoms with Gasteiger partial charge in [-0.2, -0.15) is 13.2 Å². The van der Waals surface area contributed by atoms with Gasteiger partial charge in [0.2, 0.25) is 6.41 Å². The monoisotopic (exact) mass is 484 g/mol. The number of nitrogens with zero attached hydrogens (tertiary/aromatic N) is 2. The number of amidine groups is 1. The van der Waals surface area contributed by atoms with Gasteiger partial charge in [0, 0.05) is 30.0 Å². The number of carbonyl (C=O) groups is 1. The first kappa shape index (κ1) is 24.7. The van der Waals surface area contributed by atoms with Crippen molar-refractivity contribution in [2.75, 3.05) is 7.05 Å². The number of hydrogen-bond donors (Lipinski definition) is 2. The van der Waals surface area contributed by atoms with Gasteiger partial charge in [0.1, 0.15) is 11.6 Å². The lowest BCUT2D eigenvalue weighted by Gasteiger charge is -2.19. The number of rotatable bonds is 4. The third-order valence-corrected chi connectivity index (χ3v) is 6.70. The minimum Gasteiger partial charge on any atom is -0.379 e. The smallest absolute Gasteiger partial charge is 0.379 e. The fraction of sp³-hybridized carbons (Fsp3) is 0.318. The van der Waals surface area contributed by atoms with Crippen LogP contribution in [0.1, 0.15) is 35.3 Å². The molecule has 4 atom stereocenters. The van der Waals surface area contributed by atoms with Gasteiger partial charge in [0.05, 0.1) is 17.3 Å². The van der Waals surface area contributed by atoms with Crippen LogP contribution in [0.25, 0.3) is 11.9 Å². The van der Waals surface area contributed by atoms with Crippen molar-refractivity contribution in [1.82, 2.24) is 10.3 Å². The summed E-state index contributed by atoms with van der Waals surface area (Å²) < 4.78 is 66.8. The topological polar surface area (TPSA) is 80.4 Å². The van der Waals surface area contributed by atoms with Crippen molar-refractivity contribution in [1.29, 1.82) is 0 Å². The third kappa shape index (κ3) is 5.70. The summed E-state index contributed by atoms with van der Waals surface area (Å²) in [5.41, 5.74) is 5.35. The molecule has 2 heterocycles. The molecule has 176 valence electrons. The molecule has 1 aromatic carbocycles. The highest BCUT2D eigenvalue weighted by atomic mass is 32.2. The molecule has 11 heteroatoms. The van der Waals surface area contributed by atoms with E-state index in [9.17, 15) is 22.0 Å². The minimum atomic E-state index is -4.55. The van der Waals surface area contributed by atoms with Crippen molar-refractivity contribution in [3.8, 4) is 0 Å². The molecule has 1 saturated carbocycles. The van der Waals surface area contributed by atoms with Crippen LogP contribution in [0, 0.1) is 17.7 Å². The molecular weight excluding hydrogens is 463 g/mol. The molecule has 1 aliphatic heterocycles. The quantitative estimate of drug-likeness (QED) is 0.482. The predicted octanol–water partition coefficient (Wildman–Crippen LogP) is 4.81. The Balaban J connectivity index is 0.000000709. The van der Waals surface area contributed by atoms with Gasteiger partial charge >= 0.3 is 6.18 Å². The lowest BCUT2D eigenvalue weighted by Crippen LogP contribution is -2.17. The van der Waals surface area contributed by atoms with E-state index in [1.807, 2.05) is 0 Å². The number of nitrogens with two attached hydrogens (primary N) is 1. The molecule has 2 aromatic rings. The van der Waals surface area contributed by atoms with Crippen LogP contribution in [0.2, 0.25) is 0 Å². The lowest BCUT2D eigenvalue weighted by molar-refractivity contribution is -0.137. The molecule has 1 aromatic heterocycles. The van der Waals surface area contributed by atoms with Crippen molar-refractivity contribution >= 4 is 35.2 Å². The molecule has 0 saturated heterocycles. The van der Waals surface area contributed by atoms with Gasteiger partial charge in [-0.3, -0.25) is 14.8 Å². The average Bonchev–Trinajstić information content (AvgIpc) is 3.43.